The first-order chi connectivity index (χ1) is 7.71. The van der Waals surface area contributed by atoms with Crippen LogP contribution in [0.1, 0.15) is 47.5 Å². The average Bonchev–Trinajstić information content (AvgIpc) is 2.20. The average molecular weight is 240 g/mol. The lowest BCUT2D eigenvalue weighted by Crippen LogP contribution is -2.50. The summed E-state index contributed by atoms with van der Waals surface area (Å²) in [5.41, 5.74) is 6.22. The zero-order valence-electron chi connectivity index (χ0n) is 12.0. The van der Waals surface area contributed by atoms with E-state index in [0.717, 1.165) is 19.5 Å². The van der Waals surface area contributed by atoms with Gasteiger partial charge < -0.3 is 10.6 Å². The lowest BCUT2D eigenvalue weighted by atomic mass is 9.80. The second-order valence-electron chi connectivity index (χ2n) is 6.74. The Hall–Kier alpha value is -0.570. The third kappa shape index (κ3) is 3.98. The van der Waals surface area contributed by atoms with Gasteiger partial charge in [-0.05, 0) is 23.7 Å². The van der Waals surface area contributed by atoms with Crippen LogP contribution < -0.4 is 5.73 Å². The highest BCUT2D eigenvalue weighted by Gasteiger charge is 2.29. The highest BCUT2D eigenvalue weighted by atomic mass is 16.2. The molecule has 1 rings (SSSR count). The van der Waals surface area contributed by atoms with Gasteiger partial charge in [-0.25, -0.2) is 0 Å². The number of carbonyl (C=O) groups is 1. The van der Waals surface area contributed by atoms with Crippen LogP contribution in [-0.4, -0.2) is 29.9 Å². The van der Waals surface area contributed by atoms with E-state index in [4.69, 9.17) is 5.73 Å². The third-order valence-electron chi connectivity index (χ3n) is 4.33. The van der Waals surface area contributed by atoms with Crippen LogP contribution in [0.5, 0.6) is 0 Å². The summed E-state index contributed by atoms with van der Waals surface area (Å²) in [5, 5.41) is 0. The Labute approximate surface area is 106 Å². The van der Waals surface area contributed by atoms with Crippen molar-refractivity contribution < 1.29 is 4.79 Å². The Morgan fingerprint density at radius 1 is 1.47 bits per heavy atom. The van der Waals surface area contributed by atoms with Crippen molar-refractivity contribution in [3.05, 3.63) is 0 Å². The largest absolute Gasteiger partial charge is 0.341 e. The molecule has 100 valence electrons. The molecule has 1 saturated heterocycles. The normalized spacial score (nSPS) is 28.0. The number of hydrogen-bond donors (Lipinski definition) is 1. The highest BCUT2D eigenvalue weighted by Crippen LogP contribution is 2.29. The lowest BCUT2D eigenvalue weighted by molar-refractivity contribution is -0.134. The van der Waals surface area contributed by atoms with Gasteiger partial charge in [-0.3, -0.25) is 4.79 Å². The Morgan fingerprint density at radius 2 is 2.06 bits per heavy atom. The number of rotatable bonds is 2. The van der Waals surface area contributed by atoms with Crippen LogP contribution in [0.2, 0.25) is 0 Å². The molecular weight excluding hydrogens is 212 g/mol. The van der Waals surface area contributed by atoms with Crippen molar-refractivity contribution in [3.63, 3.8) is 0 Å². The first-order valence-electron chi connectivity index (χ1n) is 6.75. The fourth-order valence-corrected chi connectivity index (χ4v) is 2.02. The smallest absolute Gasteiger partial charge is 0.222 e. The molecule has 0 saturated carbocycles. The van der Waals surface area contributed by atoms with Gasteiger partial charge >= 0.3 is 0 Å². The Bertz CT molecular complexity index is 270. The monoisotopic (exact) mass is 240 g/mol. The third-order valence-corrected chi connectivity index (χ3v) is 4.33. The molecule has 1 aliphatic heterocycles. The van der Waals surface area contributed by atoms with Crippen LogP contribution in [0, 0.1) is 17.3 Å². The molecule has 0 radical (unpaired) electrons. The highest BCUT2D eigenvalue weighted by molar-refractivity contribution is 5.76. The van der Waals surface area contributed by atoms with Crippen molar-refractivity contribution in [2.45, 2.75) is 53.5 Å². The van der Waals surface area contributed by atoms with Crippen molar-refractivity contribution in [1.29, 1.82) is 0 Å². The van der Waals surface area contributed by atoms with Crippen LogP contribution in [0.4, 0.5) is 0 Å². The molecule has 0 bridgehead atoms. The maximum Gasteiger partial charge on any atom is 0.222 e. The minimum atomic E-state index is 0.151. The van der Waals surface area contributed by atoms with Crippen LogP contribution in [-0.2, 0) is 4.79 Å². The lowest BCUT2D eigenvalue weighted by Gasteiger charge is -2.36. The molecule has 17 heavy (non-hydrogen) atoms. The van der Waals surface area contributed by atoms with Crippen LogP contribution in [0.3, 0.4) is 0 Å². The first kappa shape index (κ1) is 14.5. The minimum Gasteiger partial charge on any atom is -0.341 e. The van der Waals surface area contributed by atoms with Crippen molar-refractivity contribution in [2.75, 3.05) is 13.1 Å². The molecular formula is C14H28N2O. The van der Waals surface area contributed by atoms with Gasteiger partial charge in [-0.1, -0.05) is 34.6 Å². The zero-order chi connectivity index (χ0) is 13.2. The molecule has 3 unspecified atom stereocenters. The number of nitrogens with zero attached hydrogens (tertiary/aromatic N) is 1. The topological polar surface area (TPSA) is 46.3 Å². The van der Waals surface area contributed by atoms with Gasteiger partial charge in [-0.15, -0.1) is 0 Å². The molecule has 0 spiro atoms. The predicted molar refractivity (Wildman–Crippen MR) is 71.6 cm³/mol. The molecule has 0 aromatic carbocycles. The number of piperidine rings is 1. The van der Waals surface area contributed by atoms with E-state index in [1.807, 2.05) is 4.90 Å². The van der Waals surface area contributed by atoms with Gasteiger partial charge in [0.2, 0.25) is 5.91 Å². The molecule has 0 aromatic heterocycles. The number of likely N-dealkylation sites (tertiary alicyclic amines) is 1. The SMILES string of the molecule is CC1CCN(C(=O)CC(C)C(C)(C)C)CC1N. The van der Waals surface area contributed by atoms with Crippen molar-refractivity contribution in [3.8, 4) is 0 Å². The fourth-order valence-electron chi connectivity index (χ4n) is 2.02. The molecule has 3 nitrogen and oxygen atoms in total. The molecule has 0 aromatic rings. The van der Waals surface area contributed by atoms with Gasteiger partial charge in [0, 0.05) is 25.6 Å². The van der Waals surface area contributed by atoms with Gasteiger partial charge in [0.15, 0.2) is 0 Å². The molecule has 0 aliphatic carbocycles. The summed E-state index contributed by atoms with van der Waals surface area (Å²) in [6, 6.07) is 0.151. The standard InChI is InChI=1S/C14H28N2O/c1-10-6-7-16(9-12(10)15)13(17)8-11(2)14(3,4)5/h10-12H,6-9,15H2,1-5H3. The van der Waals surface area contributed by atoms with Gasteiger partial charge in [0.05, 0.1) is 0 Å². The summed E-state index contributed by atoms with van der Waals surface area (Å²) in [5.74, 6) is 1.22. The number of hydrogen-bond acceptors (Lipinski definition) is 2. The minimum absolute atomic E-state index is 0.151. The first-order valence-corrected chi connectivity index (χ1v) is 6.75. The van der Waals surface area contributed by atoms with Crippen LogP contribution in [0.25, 0.3) is 0 Å². The van der Waals surface area contributed by atoms with Crippen LogP contribution in [0.15, 0.2) is 0 Å². The summed E-state index contributed by atoms with van der Waals surface area (Å²) in [7, 11) is 0. The van der Waals surface area contributed by atoms with Crippen molar-refractivity contribution in [2.24, 2.45) is 23.0 Å². The zero-order valence-corrected chi connectivity index (χ0v) is 12.0. The fraction of sp³-hybridized carbons (Fsp3) is 0.929. The Balaban J connectivity index is 2.49. The van der Waals surface area contributed by atoms with Gasteiger partial charge in [-0.2, -0.15) is 0 Å². The van der Waals surface area contributed by atoms with E-state index in [-0.39, 0.29) is 17.4 Å². The second kappa shape index (κ2) is 5.38. The molecule has 1 amide bonds. The summed E-state index contributed by atoms with van der Waals surface area (Å²) in [6.45, 7) is 12.5. The number of carbonyl (C=O) groups excluding carboxylic acids is 1. The Kier molecular flexibility index (Phi) is 4.59. The van der Waals surface area contributed by atoms with E-state index in [1.165, 1.54) is 0 Å². The summed E-state index contributed by atoms with van der Waals surface area (Å²) >= 11 is 0. The molecule has 2 N–H and O–H groups in total. The molecule has 3 atom stereocenters. The van der Waals surface area contributed by atoms with Gasteiger partial charge in [0.1, 0.15) is 0 Å². The maximum atomic E-state index is 12.2. The Morgan fingerprint density at radius 3 is 2.53 bits per heavy atom. The van der Waals surface area contributed by atoms with Crippen molar-refractivity contribution in [1.82, 2.24) is 4.90 Å². The van der Waals surface area contributed by atoms with E-state index in [2.05, 4.69) is 34.6 Å². The summed E-state index contributed by atoms with van der Waals surface area (Å²) in [4.78, 5) is 14.1. The van der Waals surface area contributed by atoms with Crippen molar-refractivity contribution >= 4 is 5.91 Å². The summed E-state index contributed by atoms with van der Waals surface area (Å²) in [6.07, 6.45) is 1.68. The maximum absolute atomic E-state index is 12.2. The van der Waals surface area contributed by atoms with E-state index < -0.39 is 0 Å². The molecule has 1 aliphatic rings. The van der Waals surface area contributed by atoms with E-state index in [1.54, 1.807) is 0 Å². The van der Waals surface area contributed by atoms with Crippen LogP contribution >= 0.6 is 0 Å². The quantitative estimate of drug-likeness (QED) is 0.804. The molecule has 3 heteroatoms. The van der Waals surface area contributed by atoms with E-state index in [0.29, 0.717) is 18.3 Å². The molecule has 1 fully saturated rings. The number of amides is 1. The number of nitrogens with two attached hydrogens (primary N) is 1. The van der Waals surface area contributed by atoms with Gasteiger partial charge in [0.25, 0.3) is 0 Å². The summed E-state index contributed by atoms with van der Waals surface area (Å²) < 4.78 is 0. The van der Waals surface area contributed by atoms with E-state index in [9.17, 15) is 4.79 Å². The second-order valence-corrected chi connectivity index (χ2v) is 6.74. The van der Waals surface area contributed by atoms with E-state index >= 15 is 0 Å². The predicted octanol–water partition coefficient (Wildman–Crippen LogP) is 2.25. The molecule has 1 heterocycles.